The Balaban J connectivity index is 2.78. The van der Waals surface area contributed by atoms with Gasteiger partial charge in [0.1, 0.15) is 6.04 Å². The number of aromatic nitrogens is 1. The molecule has 0 aliphatic carbocycles. The van der Waals surface area contributed by atoms with Gasteiger partial charge in [0.25, 0.3) is 0 Å². The van der Waals surface area contributed by atoms with Gasteiger partial charge < -0.3 is 10.7 Å². The second-order valence-electron chi connectivity index (χ2n) is 2.16. The Kier molecular flexibility index (Phi) is 1.90. The van der Waals surface area contributed by atoms with Crippen LogP contribution in [0.5, 0.6) is 0 Å². The number of aromatic amines is 1. The molecule has 0 aliphatic rings. The Morgan fingerprint density at radius 2 is 2.09 bits per heavy atom. The Labute approximate surface area is 61.2 Å². The van der Waals surface area contributed by atoms with Gasteiger partial charge in [-0.1, -0.05) is 0 Å². The maximum absolute atomic E-state index is 11.9. The summed E-state index contributed by atoms with van der Waals surface area (Å²) in [5.74, 6) is 0. The molecule has 0 amide bonds. The zero-order chi connectivity index (χ0) is 8.48. The number of H-pyrrole nitrogens is 1. The minimum absolute atomic E-state index is 0.0532. The van der Waals surface area contributed by atoms with E-state index in [2.05, 4.69) is 4.98 Å². The van der Waals surface area contributed by atoms with E-state index in [1.165, 1.54) is 18.5 Å². The summed E-state index contributed by atoms with van der Waals surface area (Å²) in [6, 6.07) is -0.577. The first kappa shape index (κ1) is 8.13. The molecule has 62 valence electrons. The quantitative estimate of drug-likeness (QED) is 0.650. The second-order valence-corrected chi connectivity index (χ2v) is 2.16. The monoisotopic (exact) mass is 164 g/mol. The topological polar surface area (TPSA) is 41.8 Å². The van der Waals surface area contributed by atoms with E-state index in [-0.39, 0.29) is 5.56 Å². The Morgan fingerprint density at radius 1 is 1.45 bits per heavy atom. The maximum atomic E-state index is 11.9. The normalized spacial score (nSPS) is 14.9. The first-order chi connectivity index (χ1) is 5.02. The van der Waals surface area contributed by atoms with E-state index in [4.69, 9.17) is 5.73 Å². The molecule has 0 aromatic carbocycles. The molecular formula is C6H7F3N2. The number of hydrogen-bond acceptors (Lipinski definition) is 1. The highest BCUT2D eigenvalue weighted by Gasteiger charge is 2.37. The van der Waals surface area contributed by atoms with Crippen LogP contribution in [0.2, 0.25) is 0 Å². The number of rotatable bonds is 1. The highest BCUT2D eigenvalue weighted by atomic mass is 19.4. The predicted octanol–water partition coefficient (Wildman–Crippen LogP) is 1.58. The lowest BCUT2D eigenvalue weighted by Crippen LogP contribution is -2.27. The van der Waals surface area contributed by atoms with E-state index < -0.39 is 12.2 Å². The average Bonchev–Trinajstić information content (AvgIpc) is 2.34. The molecule has 1 aromatic rings. The van der Waals surface area contributed by atoms with Gasteiger partial charge >= 0.3 is 6.18 Å². The summed E-state index contributed by atoms with van der Waals surface area (Å²) in [4.78, 5) is 2.50. The first-order valence-electron chi connectivity index (χ1n) is 2.97. The van der Waals surface area contributed by atoms with Gasteiger partial charge in [-0.2, -0.15) is 13.2 Å². The van der Waals surface area contributed by atoms with Crippen molar-refractivity contribution in [3.63, 3.8) is 0 Å². The second kappa shape index (κ2) is 2.58. The van der Waals surface area contributed by atoms with Crippen LogP contribution in [-0.2, 0) is 0 Å². The molecule has 0 saturated carbocycles. The standard InChI is InChI=1S/C6H7F3N2/c7-6(8,9)5(10)4-1-2-11-3-4/h1-3,5,11H,10H2. The molecule has 1 rings (SSSR count). The number of halogens is 3. The van der Waals surface area contributed by atoms with Gasteiger partial charge in [0.2, 0.25) is 0 Å². The number of alkyl halides is 3. The molecule has 1 heterocycles. The van der Waals surface area contributed by atoms with Crippen molar-refractivity contribution in [2.75, 3.05) is 0 Å². The third-order valence-corrected chi connectivity index (χ3v) is 1.33. The summed E-state index contributed by atoms with van der Waals surface area (Å²) in [7, 11) is 0. The van der Waals surface area contributed by atoms with Gasteiger partial charge in [0.05, 0.1) is 0 Å². The molecule has 0 saturated heterocycles. The molecule has 0 radical (unpaired) electrons. The molecule has 0 fully saturated rings. The van der Waals surface area contributed by atoms with Gasteiger partial charge in [-0.15, -0.1) is 0 Å². The summed E-state index contributed by atoms with van der Waals surface area (Å²) >= 11 is 0. The van der Waals surface area contributed by atoms with Gasteiger partial charge in [-0.3, -0.25) is 0 Å². The van der Waals surface area contributed by atoms with Gasteiger partial charge in [-0.05, 0) is 11.6 Å². The fraction of sp³-hybridized carbons (Fsp3) is 0.333. The van der Waals surface area contributed by atoms with Gasteiger partial charge in [-0.25, -0.2) is 0 Å². The number of hydrogen-bond donors (Lipinski definition) is 2. The van der Waals surface area contributed by atoms with Crippen LogP contribution >= 0.6 is 0 Å². The van der Waals surface area contributed by atoms with E-state index in [0.29, 0.717) is 0 Å². The molecule has 0 bridgehead atoms. The van der Waals surface area contributed by atoms with Crippen molar-refractivity contribution in [2.45, 2.75) is 12.2 Å². The Morgan fingerprint density at radius 3 is 2.45 bits per heavy atom. The van der Waals surface area contributed by atoms with Crippen molar-refractivity contribution in [3.05, 3.63) is 24.0 Å². The van der Waals surface area contributed by atoms with Gasteiger partial charge in [0.15, 0.2) is 0 Å². The third kappa shape index (κ3) is 1.74. The van der Waals surface area contributed by atoms with Crippen LogP contribution in [0, 0.1) is 0 Å². The van der Waals surface area contributed by atoms with Crippen LogP contribution in [0.4, 0.5) is 13.2 Å². The van der Waals surface area contributed by atoms with Crippen molar-refractivity contribution in [2.24, 2.45) is 5.73 Å². The summed E-state index contributed by atoms with van der Waals surface area (Å²) < 4.78 is 35.6. The fourth-order valence-electron chi connectivity index (χ4n) is 0.719. The predicted molar refractivity (Wildman–Crippen MR) is 33.8 cm³/mol. The molecule has 0 spiro atoms. The zero-order valence-electron chi connectivity index (χ0n) is 5.52. The van der Waals surface area contributed by atoms with E-state index in [1.807, 2.05) is 0 Å². The van der Waals surface area contributed by atoms with Crippen LogP contribution < -0.4 is 5.73 Å². The number of nitrogens with one attached hydrogen (secondary N) is 1. The zero-order valence-corrected chi connectivity index (χ0v) is 5.52. The summed E-state index contributed by atoms with van der Waals surface area (Å²) in [5, 5.41) is 0. The molecule has 3 N–H and O–H groups in total. The molecule has 1 unspecified atom stereocenters. The minimum atomic E-state index is -4.36. The van der Waals surface area contributed by atoms with Crippen molar-refractivity contribution < 1.29 is 13.2 Å². The van der Waals surface area contributed by atoms with E-state index >= 15 is 0 Å². The van der Waals surface area contributed by atoms with Crippen molar-refractivity contribution in [3.8, 4) is 0 Å². The van der Waals surface area contributed by atoms with Crippen LogP contribution in [0.25, 0.3) is 0 Å². The van der Waals surface area contributed by atoms with Crippen LogP contribution in [-0.4, -0.2) is 11.2 Å². The lowest BCUT2D eigenvalue weighted by atomic mass is 10.1. The number of nitrogens with two attached hydrogens (primary N) is 1. The highest BCUT2D eigenvalue weighted by Crippen LogP contribution is 2.29. The van der Waals surface area contributed by atoms with Crippen molar-refractivity contribution in [1.29, 1.82) is 0 Å². The molecule has 1 atom stereocenters. The SMILES string of the molecule is NC(c1cc[nH]c1)C(F)(F)F. The molecule has 5 heteroatoms. The molecule has 11 heavy (non-hydrogen) atoms. The van der Waals surface area contributed by atoms with Crippen molar-refractivity contribution >= 4 is 0 Å². The lowest BCUT2D eigenvalue weighted by molar-refractivity contribution is -0.149. The van der Waals surface area contributed by atoms with E-state index in [0.717, 1.165) is 0 Å². The van der Waals surface area contributed by atoms with E-state index in [1.54, 1.807) is 0 Å². The Bertz CT molecular complexity index is 214. The van der Waals surface area contributed by atoms with Crippen molar-refractivity contribution in [1.82, 2.24) is 4.98 Å². The molecule has 0 aliphatic heterocycles. The van der Waals surface area contributed by atoms with Crippen LogP contribution in [0.15, 0.2) is 18.5 Å². The molecule has 1 aromatic heterocycles. The maximum Gasteiger partial charge on any atom is 0.407 e. The van der Waals surface area contributed by atoms with Gasteiger partial charge in [0, 0.05) is 12.4 Å². The summed E-state index contributed by atoms with van der Waals surface area (Å²) in [5.41, 5.74) is 4.92. The molecular weight excluding hydrogens is 157 g/mol. The van der Waals surface area contributed by atoms with Crippen LogP contribution in [0.1, 0.15) is 11.6 Å². The minimum Gasteiger partial charge on any atom is -0.367 e. The molecule has 2 nitrogen and oxygen atoms in total. The first-order valence-corrected chi connectivity index (χ1v) is 2.97. The summed E-state index contributed by atoms with van der Waals surface area (Å²) in [6.45, 7) is 0. The largest absolute Gasteiger partial charge is 0.407 e. The average molecular weight is 164 g/mol. The highest BCUT2D eigenvalue weighted by molar-refractivity contribution is 5.14. The Hall–Kier alpha value is -0.970. The van der Waals surface area contributed by atoms with E-state index in [9.17, 15) is 13.2 Å². The lowest BCUT2D eigenvalue weighted by Gasteiger charge is -2.13. The summed E-state index contributed by atoms with van der Waals surface area (Å²) in [6.07, 6.45) is -1.72. The van der Waals surface area contributed by atoms with Crippen LogP contribution in [0.3, 0.4) is 0 Å². The smallest absolute Gasteiger partial charge is 0.367 e. The fourth-order valence-corrected chi connectivity index (χ4v) is 0.719. The third-order valence-electron chi connectivity index (χ3n) is 1.33.